The van der Waals surface area contributed by atoms with Gasteiger partial charge < -0.3 is 10.0 Å². The fourth-order valence-electron chi connectivity index (χ4n) is 2.97. The zero-order valence-corrected chi connectivity index (χ0v) is 14.5. The maximum Gasteiger partial charge on any atom is 0.264 e. The maximum atomic E-state index is 12.5. The zero-order chi connectivity index (χ0) is 16.8. The van der Waals surface area contributed by atoms with E-state index in [0.717, 1.165) is 20.8 Å². The van der Waals surface area contributed by atoms with Gasteiger partial charge in [-0.15, -0.1) is 11.3 Å². The zero-order valence-electron chi connectivity index (χ0n) is 13.7. The van der Waals surface area contributed by atoms with Crippen molar-refractivity contribution in [3.63, 3.8) is 0 Å². The second-order valence-electron chi connectivity index (χ2n) is 6.42. The van der Waals surface area contributed by atoms with Crippen LogP contribution in [0.5, 0.6) is 0 Å². The van der Waals surface area contributed by atoms with Crippen LogP contribution in [0.25, 0.3) is 10.2 Å². The van der Waals surface area contributed by atoms with E-state index in [9.17, 15) is 9.90 Å². The second-order valence-corrected chi connectivity index (χ2v) is 7.45. The summed E-state index contributed by atoms with van der Waals surface area (Å²) in [5.41, 5.74) is 3.37. The highest BCUT2D eigenvalue weighted by molar-refractivity contribution is 7.20. The topological polar surface area (TPSA) is 58.4 Å². The van der Waals surface area contributed by atoms with E-state index in [2.05, 4.69) is 36.3 Å². The Morgan fingerprint density at radius 3 is 2.67 bits per heavy atom. The van der Waals surface area contributed by atoms with Crippen LogP contribution >= 0.6 is 11.3 Å². The molecular weight excluding hydrogens is 322 g/mol. The molecule has 1 fully saturated rings. The van der Waals surface area contributed by atoms with Crippen molar-refractivity contribution in [1.82, 2.24) is 14.7 Å². The molecule has 1 aliphatic rings. The molecule has 1 aromatic carbocycles. The molecule has 0 atom stereocenters. The third-order valence-electron chi connectivity index (χ3n) is 4.42. The van der Waals surface area contributed by atoms with E-state index in [1.54, 1.807) is 4.90 Å². The first-order valence-electron chi connectivity index (χ1n) is 8.01. The van der Waals surface area contributed by atoms with E-state index in [1.807, 2.05) is 17.7 Å². The van der Waals surface area contributed by atoms with Crippen LogP contribution in [-0.4, -0.2) is 44.9 Å². The highest BCUT2D eigenvalue weighted by Crippen LogP contribution is 2.30. The molecule has 3 aromatic rings. The Hall–Kier alpha value is -2.18. The molecule has 124 valence electrons. The first-order chi connectivity index (χ1) is 11.5. The van der Waals surface area contributed by atoms with Gasteiger partial charge in [-0.1, -0.05) is 29.8 Å². The number of aromatic nitrogens is 2. The number of hydrogen-bond acceptors (Lipinski definition) is 4. The van der Waals surface area contributed by atoms with Crippen LogP contribution in [0.3, 0.4) is 0 Å². The predicted octanol–water partition coefficient (Wildman–Crippen LogP) is 2.58. The number of hydrogen-bond donors (Lipinski definition) is 1. The van der Waals surface area contributed by atoms with Gasteiger partial charge >= 0.3 is 0 Å². The first kappa shape index (κ1) is 15.4. The van der Waals surface area contributed by atoms with E-state index in [1.165, 1.54) is 22.5 Å². The van der Waals surface area contributed by atoms with Crippen molar-refractivity contribution >= 4 is 27.5 Å². The molecule has 1 N–H and O–H groups in total. The number of fused-ring (bicyclic) bond motifs is 1. The van der Waals surface area contributed by atoms with Crippen molar-refractivity contribution in [1.29, 1.82) is 0 Å². The molecule has 0 saturated carbocycles. The summed E-state index contributed by atoms with van der Waals surface area (Å²) in [6, 6.07) is 10.3. The molecule has 0 bridgehead atoms. The van der Waals surface area contributed by atoms with Crippen LogP contribution < -0.4 is 0 Å². The summed E-state index contributed by atoms with van der Waals surface area (Å²) in [4.78, 5) is 15.9. The summed E-state index contributed by atoms with van der Waals surface area (Å²) in [5, 5.41) is 15.0. The van der Waals surface area contributed by atoms with Gasteiger partial charge in [0.1, 0.15) is 4.83 Å². The molecule has 3 heterocycles. The van der Waals surface area contributed by atoms with E-state index < -0.39 is 0 Å². The Balaban J connectivity index is 1.64. The number of amides is 1. The maximum absolute atomic E-state index is 12.5. The lowest BCUT2D eigenvalue weighted by Gasteiger charge is -2.35. The number of aryl methyl sites for hydroxylation is 2. The molecule has 0 unspecified atom stereocenters. The molecule has 1 amide bonds. The van der Waals surface area contributed by atoms with Crippen molar-refractivity contribution in [2.45, 2.75) is 26.5 Å². The molecule has 1 aliphatic heterocycles. The molecule has 0 radical (unpaired) electrons. The monoisotopic (exact) mass is 341 g/mol. The average Bonchev–Trinajstić information content (AvgIpc) is 3.08. The SMILES string of the molecule is Cc1ccc(Cn2nc(C)c3cc(C(=O)N4CC(O)C4)sc32)cc1. The van der Waals surface area contributed by atoms with Crippen molar-refractivity contribution in [2.24, 2.45) is 0 Å². The fraction of sp³-hybridized carbons (Fsp3) is 0.333. The van der Waals surface area contributed by atoms with Crippen molar-refractivity contribution < 1.29 is 9.90 Å². The first-order valence-corrected chi connectivity index (χ1v) is 8.83. The van der Waals surface area contributed by atoms with Gasteiger partial charge in [-0.3, -0.25) is 9.48 Å². The summed E-state index contributed by atoms with van der Waals surface area (Å²) >= 11 is 1.48. The lowest BCUT2D eigenvalue weighted by Crippen LogP contribution is -2.53. The van der Waals surface area contributed by atoms with Crippen LogP contribution in [-0.2, 0) is 6.54 Å². The number of benzene rings is 1. The predicted molar refractivity (Wildman–Crippen MR) is 94.5 cm³/mol. The molecule has 4 rings (SSSR count). The summed E-state index contributed by atoms with van der Waals surface area (Å²) in [6.07, 6.45) is -0.373. The van der Waals surface area contributed by atoms with Crippen molar-refractivity contribution in [3.8, 4) is 0 Å². The molecule has 2 aromatic heterocycles. The minimum absolute atomic E-state index is 0.00258. The summed E-state index contributed by atoms with van der Waals surface area (Å²) in [7, 11) is 0. The van der Waals surface area contributed by atoms with Gasteiger partial charge in [0, 0.05) is 18.5 Å². The fourth-order valence-corrected chi connectivity index (χ4v) is 4.10. The Labute approximate surface area is 144 Å². The Kier molecular flexibility index (Phi) is 3.66. The number of nitrogens with zero attached hydrogens (tertiary/aromatic N) is 3. The normalized spacial score (nSPS) is 15.0. The van der Waals surface area contributed by atoms with E-state index in [4.69, 9.17) is 0 Å². The standard InChI is InChI=1S/C18H19N3O2S/c1-11-3-5-13(6-4-11)8-21-18-15(12(2)19-21)7-16(24-18)17(23)20-9-14(22)10-20/h3-7,14,22H,8-10H2,1-2H3. The number of aliphatic hydroxyl groups excluding tert-OH is 1. The highest BCUT2D eigenvalue weighted by atomic mass is 32.1. The van der Waals surface area contributed by atoms with Gasteiger partial charge in [-0.05, 0) is 25.5 Å². The number of aliphatic hydroxyl groups is 1. The summed E-state index contributed by atoms with van der Waals surface area (Å²) in [5.74, 6) is 0.00258. The average molecular weight is 341 g/mol. The smallest absolute Gasteiger partial charge is 0.264 e. The van der Waals surface area contributed by atoms with E-state index in [-0.39, 0.29) is 12.0 Å². The number of carbonyl (C=O) groups is 1. The van der Waals surface area contributed by atoms with Crippen LogP contribution in [0.15, 0.2) is 30.3 Å². The van der Waals surface area contributed by atoms with E-state index >= 15 is 0 Å². The molecule has 0 spiro atoms. The minimum atomic E-state index is -0.373. The largest absolute Gasteiger partial charge is 0.389 e. The second kappa shape index (κ2) is 5.72. The van der Waals surface area contributed by atoms with E-state index in [0.29, 0.717) is 19.6 Å². The molecule has 0 aliphatic carbocycles. The van der Waals surface area contributed by atoms with Gasteiger partial charge in [-0.2, -0.15) is 5.10 Å². The summed E-state index contributed by atoms with van der Waals surface area (Å²) < 4.78 is 1.97. The number of carbonyl (C=O) groups excluding carboxylic acids is 1. The minimum Gasteiger partial charge on any atom is -0.389 e. The third kappa shape index (κ3) is 2.61. The number of likely N-dealkylation sites (tertiary alicyclic amines) is 1. The van der Waals surface area contributed by atoms with Gasteiger partial charge in [0.25, 0.3) is 5.91 Å². The van der Waals surface area contributed by atoms with Crippen LogP contribution in [0, 0.1) is 13.8 Å². The van der Waals surface area contributed by atoms with Crippen molar-refractivity contribution in [2.75, 3.05) is 13.1 Å². The third-order valence-corrected chi connectivity index (χ3v) is 5.56. The van der Waals surface area contributed by atoms with Crippen LogP contribution in [0.2, 0.25) is 0 Å². The molecular formula is C18H19N3O2S. The van der Waals surface area contributed by atoms with Gasteiger partial charge in [0.05, 0.1) is 23.2 Å². The van der Waals surface area contributed by atoms with Gasteiger partial charge in [-0.25, -0.2) is 0 Å². The van der Waals surface area contributed by atoms with Gasteiger partial charge in [0.15, 0.2) is 0 Å². The lowest BCUT2D eigenvalue weighted by molar-refractivity contribution is 0.00623. The number of rotatable bonds is 3. The molecule has 1 saturated heterocycles. The van der Waals surface area contributed by atoms with Crippen LogP contribution in [0.4, 0.5) is 0 Å². The lowest BCUT2D eigenvalue weighted by atomic mass is 10.1. The Morgan fingerprint density at radius 2 is 2.00 bits per heavy atom. The molecule has 5 nitrogen and oxygen atoms in total. The van der Waals surface area contributed by atoms with Crippen molar-refractivity contribution in [3.05, 3.63) is 52.0 Å². The van der Waals surface area contributed by atoms with Crippen LogP contribution in [0.1, 0.15) is 26.5 Å². The Morgan fingerprint density at radius 1 is 1.29 bits per heavy atom. The Bertz CT molecular complexity index is 904. The highest BCUT2D eigenvalue weighted by Gasteiger charge is 2.30. The van der Waals surface area contributed by atoms with Gasteiger partial charge in [0.2, 0.25) is 0 Å². The quantitative estimate of drug-likeness (QED) is 0.796. The number of thiophene rings is 1. The molecule has 6 heteroatoms. The summed E-state index contributed by atoms with van der Waals surface area (Å²) in [6.45, 7) is 5.61. The number of β-amino-alcohol motifs (C(OH)–C–C–N with tert-alkyl or cyclic N) is 1. The molecule has 24 heavy (non-hydrogen) atoms.